The lowest BCUT2D eigenvalue weighted by molar-refractivity contribution is 0.372. The van der Waals surface area contributed by atoms with Crippen molar-refractivity contribution < 1.29 is 5.11 Å². The van der Waals surface area contributed by atoms with Gasteiger partial charge < -0.3 is 15.3 Å². The van der Waals surface area contributed by atoms with Gasteiger partial charge in [-0.05, 0) is 44.9 Å². The summed E-state index contributed by atoms with van der Waals surface area (Å²) in [4.78, 5) is 11.8. The van der Waals surface area contributed by atoms with Crippen molar-refractivity contribution in [1.29, 1.82) is 0 Å². The number of anilines is 1. The van der Waals surface area contributed by atoms with Crippen LogP contribution in [0.3, 0.4) is 0 Å². The van der Waals surface area contributed by atoms with Gasteiger partial charge in [-0.2, -0.15) is 5.10 Å². The molecule has 4 heterocycles. The van der Waals surface area contributed by atoms with Crippen molar-refractivity contribution in [1.82, 2.24) is 25.1 Å². The first-order valence-corrected chi connectivity index (χ1v) is 11.3. The number of halogens is 1. The molecule has 1 spiro atoms. The molecule has 2 aliphatic rings. The van der Waals surface area contributed by atoms with Crippen LogP contribution in [-0.4, -0.2) is 49.5 Å². The number of nitrogens with zero attached hydrogens (tertiary/aromatic N) is 5. The largest absolute Gasteiger partial charge is 0.507 e. The zero-order valence-electron chi connectivity index (χ0n) is 18.4. The van der Waals surface area contributed by atoms with Crippen LogP contribution in [0.25, 0.3) is 33.2 Å². The van der Waals surface area contributed by atoms with Crippen molar-refractivity contribution in [2.45, 2.75) is 38.3 Å². The standard InChI is InChI=1S/C24H25ClN6O/c1-13-10-31(12-24(28-13)4-5-24)16-7-17-19(25)8-20(27-23(17)26-9-16)18-6-15-11-30(3)29-21(15)14(2)22(18)32/h6-9,11,13,28,32H,4-5,10,12H2,1-3H3/t13-/m0/s1. The molecular weight excluding hydrogens is 424 g/mol. The molecule has 6 rings (SSSR count). The maximum Gasteiger partial charge on any atom is 0.161 e. The van der Waals surface area contributed by atoms with Crippen LogP contribution in [-0.2, 0) is 7.05 Å². The smallest absolute Gasteiger partial charge is 0.161 e. The van der Waals surface area contributed by atoms with E-state index in [9.17, 15) is 5.11 Å². The number of pyridine rings is 2. The summed E-state index contributed by atoms with van der Waals surface area (Å²) in [5.41, 5.74) is 4.64. The fourth-order valence-corrected chi connectivity index (χ4v) is 5.27. The number of piperazine rings is 1. The molecule has 1 aliphatic heterocycles. The SMILES string of the molecule is Cc1c(O)c(-c2cc(Cl)c3cc(N4C[C@H](C)NC5(CC5)C4)cnc3n2)cc2cn(C)nc12. The minimum atomic E-state index is 0.167. The number of rotatable bonds is 2. The first-order chi connectivity index (χ1) is 15.3. The zero-order valence-corrected chi connectivity index (χ0v) is 19.1. The van der Waals surface area contributed by atoms with Gasteiger partial charge in [-0.1, -0.05) is 11.6 Å². The van der Waals surface area contributed by atoms with E-state index in [0.717, 1.165) is 40.6 Å². The van der Waals surface area contributed by atoms with E-state index in [2.05, 4.69) is 33.3 Å². The number of phenolic OH excluding ortho intramolecular Hbond substituents is 1. The van der Waals surface area contributed by atoms with Crippen LogP contribution in [0.4, 0.5) is 5.69 Å². The van der Waals surface area contributed by atoms with E-state index in [4.69, 9.17) is 16.6 Å². The molecule has 32 heavy (non-hydrogen) atoms. The van der Waals surface area contributed by atoms with Crippen LogP contribution in [0.15, 0.2) is 30.6 Å². The van der Waals surface area contributed by atoms with E-state index in [1.807, 2.05) is 38.5 Å². The number of benzene rings is 1. The number of fused-ring (bicyclic) bond motifs is 2. The van der Waals surface area contributed by atoms with Gasteiger partial charge >= 0.3 is 0 Å². The Hall–Kier alpha value is -2.90. The predicted molar refractivity (Wildman–Crippen MR) is 127 cm³/mol. The molecule has 2 N–H and O–H groups in total. The second kappa shape index (κ2) is 6.80. The quantitative estimate of drug-likeness (QED) is 0.479. The number of aromatic nitrogens is 4. The third-order valence-corrected chi connectivity index (χ3v) is 7.07. The van der Waals surface area contributed by atoms with Crippen molar-refractivity contribution in [3.8, 4) is 17.0 Å². The fraction of sp³-hybridized carbons (Fsp3) is 0.375. The molecule has 0 bridgehead atoms. The number of phenols is 1. The summed E-state index contributed by atoms with van der Waals surface area (Å²) in [7, 11) is 1.87. The minimum Gasteiger partial charge on any atom is -0.507 e. The molecule has 1 atom stereocenters. The summed E-state index contributed by atoms with van der Waals surface area (Å²) < 4.78 is 1.74. The molecule has 2 fully saturated rings. The van der Waals surface area contributed by atoms with E-state index < -0.39 is 0 Å². The highest BCUT2D eigenvalue weighted by Gasteiger charge is 2.47. The molecule has 4 aromatic rings. The van der Waals surface area contributed by atoms with Gasteiger partial charge in [0.15, 0.2) is 5.65 Å². The van der Waals surface area contributed by atoms with Crippen molar-refractivity contribution in [2.75, 3.05) is 18.0 Å². The molecule has 164 valence electrons. The average molecular weight is 449 g/mol. The van der Waals surface area contributed by atoms with Crippen LogP contribution >= 0.6 is 11.6 Å². The van der Waals surface area contributed by atoms with Gasteiger partial charge in [0, 0.05) is 59.8 Å². The number of hydrogen-bond acceptors (Lipinski definition) is 6. The molecule has 0 amide bonds. The van der Waals surface area contributed by atoms with Crippen LogP contribution in [0.2, 0.25) is 5.02 Å². The van der Waals surface area contributed by atoms with Crippen LogP contribution < -0.4 is 10.2 Å². The van der Waals surface area contributed by atoms with Gasteiger partial charge in [0.1, 0.15) is 5.75 Å². The molecule has 1 aromatic carbocycles. The van der Waals surface area contributed by atoms with Crippen LogP contribution in [0.1, 0.15) is 25.3 Å². The molecule has 8 heteroatoms. The lowest BCUT2D eigenvalue weighted by Gasteiger charge is -2.39. The van der Waals surface area contributed by atoms with Gasteiger partial charge in [0.2, 0.25) is 0 Å². The normalized spacial score (nSPS) is 19.9. The Bertz CT molecular complexity index is 1390. The van der Waals surface area contributed by atoms with E-state index in [0.29, 0.717) is 28.0 Å². The summed E-state index contributed by atoms with van der Waals surface area (Å²) in [5, 5.41) is 21.4. The van der Waals surface area contributed by atoms with Gasteiger partial charge in [0.25, 0.3) is 0 Å². The third kappa shape index (κ3) is 3.11. The molecule has 0 radical (unpaired) electrons. The van der Waals surface area contributed by atoms with E-state index >= 15 is 0 Å². The van der Waals surface area contributed by atoms with Gasteiger partial charge in [-0.25, -0.2) is 9.97 Å². The van der Waals surface area contributed by atoms with Gasteiger partial charge in [-0.3, -0.25) is 4.68 Å². The van der Waals surface area contributed by atoms with Crippen molar-refractivity contribution >= 4 is 39.2 Å². The number of aromatic hydroxyl groups is 1. The maximum absolute atomic E-state index is 10.9. The number of nitrogens with one attached hydrogen (secondary N) is 1. The molecule has 3 aromatic heterocycles. The highest BCUT2D eigenvalue weighted by Crippen LogP contribution is 2.41. The highest BCUT2D eigenvalue weighted by molar-refractivity contribution is 6.35. The monoisotopic (exact) mass is 448 g/mol. The van der Waals surface area contributed by atoms with Gasteiger partial charge in [0.05, 0.1) is 28.1 Å². The van der Waals surface area contributed by atoms with Crippen LogP contribution in [0.5, 0.6) is 5.75 Å². The van der Waals surface area contributed by atoms with Crippen molar-refractivity contribution in [3.05, 3.63) is 41.2 Å². The molecule has 1 saturated carbocycles. The lowest BCUT2D eigenvalue weighted by atomic mass is 10.0. The molecule has 7 nitrogen and oxygen atoms in total. The topological polar surface area (TPSA) is 79.1 Å². The Labute approximate surface area is 191 Å². The number of aryl methyl sites for hydroxylation is 2. The summed E-state index contributed by atoms with van der Waals surface area (Å²) in [5.74, 6) is 0.167. The third-order valence-electron chi connectivity index (χ3n) is 6.76. The van der Waals surface area contributed by atoms with Crippen molar-refractivity contribution in [2.24, 2.45) is 7.05 Å². The molecular formula is C24H25ClN6O. The molecule has 1 saturated heterocycles. The maximum atomic E-state index is 10.9. The highest BCUT2D eigenvalue weighted by atomic mass is 35.5. The Morgan fingerprint density at radius 2 is 2.06 bits per heavy atom. The Balaban J connectivity index is 1.42. The van der Waals surface area contributed by atoms with Crippen molar-refractivity contribution in [3.63, 3.8) is 0 Å². The average Bonchev–Trinajstić information content (AvgIpc) is 3.37. The second-order valence-corrected chi connectivity index (χ2v) is 9.81. The van der Waals surface area contributed by atoms with E-state index in [1.54, 1.807) is 4.68 Å². The minimum absolute atomic E-state index is 0.167. The predicted octanol–water partition coefficient (Wildman–Crippen LogP) is 4.18. The van der Waals surface area contributed by atoms with Gasteiger partial charge in [-0.15, -0.1) is 0 Å². The zero-order chi connectivity index (χ0) is 22.2. The summed E-state index contributed by atoms with van der Waals surface area (Å²) >= 11 is 6.73. The fourth-order valence-electron chi connectivity index (χ4n) is 5.03. The summed E-state index contributed by atoms with van der Waals surface area (Å²) in [6.07, 6.45) is 6.27. The second-order valence-electron chi connectivity index (χ2n) is 9.40. The first kappa shape index (κ1) is 19.8. The van der Waals surface area contributed by atoms with Crippen LogP contribution in [0, 0.1) is 6.92 Å². The lowest BCUT2D eigenvalue weighted by Crippen LogP contribution is -2.57. The first-order valence-electron chi connectivity index (χ1n) is 11.0. The van der Waals surface area contributed by atoms with E-state index in [-0.39, 0.29) is 11.3 Å². The molecule has 1 aliphatic carbocycles. The number of hydrogen-bond donors (Lipinski definition) is 2. The Kier molecular flexibility index (Phi) is 4.20. The Morgan fingerprint density at radius 1 is 1.25 bits per heavy atom. The summed E-state index contributed by atoms with van der Waals surface area (Å²) in [6, 6.07) is 6.24. The van der Waals surface area contributed by atoms with E-state index in [1.165, 1.54) is 12.8 Å². The molecule has 0 unspecified atom stereocenters. The Morgan fingerprint density at radius 3 is 2.84 bits per heavy atom. The summed E-state index contributed by atoms with van der Waals surface area (Å²) in [6.45, 7) is 6.03.